The van der Waals surface area contributed by atoms with Gasteiger partial charge in [-0.25, -0.2) is 17.6 Å². The third-order valence-electron chi connectivity index (χ3n) is 2.93. The summed E-state index contributed by atoms with van der Waals surface area (Å²) in [6.07, 6.45) is 0. The van der Waals surface area contributed by atoms with Gasteiger partial charge in [0.05, 0.1) is 5.56 Å². The lowest BCUT2D eigenvalue weighted by molar-refractivity contribution is 0.0884. The predicted molar refractivity (Wildman–Crippen MR) is 61.4 cm³/mol. The summed E-state index contributed by atoms with van der Waals surface area (Å²) >= 11 is 0. The van der Waals surface area contributed by atoms with Gasteiger partial charge in [0.1, 0.15) is 17.2 Å². The highest BCUT2D eigenvalue weighted by Gasteiger charge is 2.35. The molecule has 1 nitrogen and oxygen atoms in total. The summed E-state index contributed by atoms with van der Waals surface area (Å²) in [6.45, 7) is 1.01. The molecule has 0 aliphatic carbocycles. The highest BCUT2D eigenvalue weighted by Crippen LogP contribution is 2.34. The number of rotatable bonds is 2. The van der Waals surface area contributed by atoms with Crippen LogP contribution in [0.1, 0.15) is 18.1 Å². The van der Waals surface area contributed by atoms with Crippen LogP contribution in [0.4, 0.5) is 17.6 Å². The van der Waals surface area contributed by atoms with Crippen LogP contribution in [-0.2, 0) is 5.60 Å². The first kappa shape index (κ1) is 13.5. The van der Waals surface area contributed by atoms with E-state index in [1.54, 1.807) is 0 Å². The molecule has 0 saturated carbocycles. The fourth-order valence-corrected chi connectivity index (χ4v) is 1.98. The molecular weight excluding hydrogens is 260 g/mol. The van der Waals surface area contributed by atoms with E-state index in [2.05, 4.69) is 0 Å². The van der Waals surface area contributed by atoms with E-state index in [4.69, 9.17) is 0 Å². The summed E-state index contributed by atoms with van der Waals surface area (Å²) in [5.74, 6) is -4.60. The third kappa shape index (κ3) is 2.21. The SMILES string of the molecule is CC(O)(c1cccc(F)c1F)c1c(F)cccc1F. The van der Waals surface area contributed by atoms with Gasteiger partial charge in [-0.15, -0.1) is 0 Å². The fourth-order valence-electron chi connectivity index (χ4n) is 1.98. The van der Waals surface area contributed by atoms with Crippen molar-refractivity contribution >= 4 is 0 Å². The van der Waals surface area contributed by atoms with Gasteiger partial charge in [0.15, 0.2) is 11.6 Å². The van der Waals surface area contributed by atoms with Crippen LogP contribution in [0.5, 0.6) is 0 Å². The van der Waals surface area contributed by atoms with Crippen LogP contribution in [-0.4, -0.2) is 5.11 Å². The smallest absolute Gasteiger partial charge is 0.165 e. The summed E-state index contributed by atoms with van der Waals surface area (Å²) in [5, 5.41) is 10.2. The van der Waals surface area contributed by atoms with Gasteiger partial charge in [0.25, 0.3) is 0 Å². The topological polar surface area (TPSA) is 20.2 Å². The molecule has 100 valence electrons. The zero-order chi connectivity index (χ0) is 14.2. The molecule has 1 atom stereocenters. The normalized spacial score (nSPS) is 14.2. The maximum Gasteiger partial charge on any atom is 0.165 e. The molecule has 5 heteroatoms. The molecule has 0 aliphatic rings. The molecule has 0 aliphatic heterocycles. The van der Waals surface area contributed by atoms with E-state index in [0.717, 1.165) is 43.3 Å². The predicted octanol–water partition coefficient (Wildman–Crippen LogP) is 3.50. The van der Waals surface area contributed by atoms with E-state index in [9.17, 15) is 22.7 Å². The van der Waals surface area contributed by atoms with E-state index in [1.807, 2.05) is 0 Å². The quantitative estimate of drug-likeness (QED) is 0.828. The van der Waals surface area contributed by atoms with E-state index in [-0.39, 0.29) is 0 Å². The summed E-state index contributed by atoms with van der Waals surface area (Å²) in [5.41, 5.74) is -3.57. The van der Waals surface area contributed by atoms with Crippen LogP contribution in [0, 0.1) is 23.3 Å². The Hall–Kier alpha value is -1.88. The Morgan fingerprint density at radius 1 is 0.842 bits per heavy atom. The van der Waals surface area contributed by atoms with Gasteiger partial charge in [-0.3, -0.25) is 0 Å². The van der Waals surface area contributed by atoms with Gasteiger partial charge in [-0.2, -0.15) is 0 Å². The first-order chi connectivity index (χ1) is 8.85. The maximum atomic E-state index is 13.7. The lowest BCUT2D eigenvalue weighted by Gasteiger charge is -2.25. The molecule has 0 amide bonds. The molecule has 0 heterocycles. The second-order valence-electron chi connectivity index (χ2n) is 4.27. The van der Waals surface area contributed by atoms with Crippen molar-refractivity contribution < 1.29 is 22.7 Å². The second-order valence-corrected chi connectivity index (χ2v) is 4.27. The Bertz CT molecular complexity index is 603. The summed E-state index contributed by atoms with van der Waals surface area (Å²) in [6, 6.07) is 6.07. The van der Waals surface area contributed by atoms with Crippen LogP contribution in [0.3, 0.4) is 0 Å². The van der Waals surface area contributed by atoms with Crippen molar-refractivity contribution in [2.75, 3.05) is 0 Å². The summed E-state index contributed by atoms with van der Waals surface area (Å²) in [4.78, 5) is 0. The van der Waals surface area contributed by atoms with Crippen molar-refractivity contribution in [1.82, 2.24) is 0 Å². The monoisotopic (exact) mass is 270 g/mol. The van der Waals surface area contributed by atoms with Crippen LogP contribution in [0.2, 0.25) is 0 Å². The second kappa shape index (κ2) is 4.66. The number of hydrogen-bond acceptors (Lipinski definition) is 1. The zero-order valence-electron chi connectivity index (χ0n) is 9.92. The highest BCUT2D eigenvalue weighted by molar-refractivity contribution is 5.37. The molecule has 0 spiro atoms. The molecule has 0 fully saturated rings. The van der Waals surface area contributed by atoms with Crippen molar-refractivity contribution in [2.24, 2.45) is 0 Å². The first-order valence-electron chi connectivity index (χ1n) is 5.47. The first-order valence-corrected chi connectivity index (χ1v) is 5.47. The van der Waals surface area contributed by atoms with E-state index in [0.29, 0.717) is 0 Å². The Morgan fingerprint density at radius 2 is 1.32 bits per heavy atom. The van der Waals surface area contributed by atoms with Gasteiger partial charge in [-0.05, 0) is 25.1 Å². The van der Waals surface area contributed by atoms with Crippen molar-refractivity contribution in [3.8, 4) is 0 Å². The minimum atomic E-state index is -2.32. The number of aliphatic hydroxyl groups is 1. The molecular formula is C14H10F4O. The Balaban J connectivity index is 2.69. The molecule has 19 heavy (non-hydrogen) atoms. The van der Waals surface area contributed by atoms with Gasteiger partial charge in [0, 0.05) is 5.56 Å². The minimum Gasteiger partial charge on any atom is -0.380 e. The Labute approximate surface area is 107 Å². The van der Waals surface area contributed by atoms with Crippen molar-refractivity contribution in [2.45, 2.75) is 12.5 Å². The average Bonchev–Trinajstić information content (AvgIpc) is 2.32. The lowest BCUT2D eigenvalue weighted by Crippen LogP contribution is -2.27. The van der Waals surface area contributed by atoms with Gasteiger partial charge in [-0.1, -0.05) is 18.2 Å². The lowest BCUT2D eigenvalue weighted by atomic mass is 9.87. The van der Waals surface area contributed by atoms with Crippen molar-refractivity contribution in [1.29, 1.82) is 0 Å². The summed E-state index contributed by atoms with van der Waals surface area (Å²) < 4.78 is 54.1. The molecule has 2 aromatic carbocycles. The fraction of sp³-hybridized carbons (Fsp3) is 0.143. The average molecular weight is 270 g/mol. The van der Waals surface area contributed by atoms with Crippen molar-refractivity contribution in [3.63, 3.8) is 0 Å². The standard InChI is InChI=1S/C14H10F4O/c1-14(19,8-4-2-7-11(17)13(8)18)12-9(15)5-3-6-10(12)16/h2-7,19H,1H3. The third-order valence-corrected chi connectivity index (χ3v) is 2.93. The van der Waals surface area contributed by atoms with E-state index >= 15 is 0 Å². The van der Waals surface area contributed by atoms with E-state index < -0.39 is 40.0 Å². The van der Waals surface area contributed by atoms with Crippen LogP contribution in [0.15, 0.2) is 36.4 Å². The maximum absolute atomic E-state index is 13.7. The molecule has 1 N–H and O–H groups in total. The Morgan fingerprint density at radius 3 is 1.89 bits per heavy atom. The van der Waals surface area contributed by atoms with Crippen LogP contribution >= 0.6 is 0 Å². The molecule has 0 aromatic heterocycles. The van der Waals surface area contributed by atoms with Crippen LogP contribution < -0.4 is 0 Å². The zero-order valence-corrected chi connectivity index (χ0v) is 9.92. The van der Waals surface area contributed by atoms with Gasteiger partial charge < -0.3 is 5.11 Å². The molecule has 2 rings (SSSR count). The molecule has 0 bridgehead atoms. The van der Waals surface area contributed by atoms with Gasteiger partial charge in [0.2, 0.25) is 0 Å². The van der Waals surface area contributed by atoms with Crippen LogP contribution in [0.25, 0.3) is 0 Å². The Kier molecular flexibility index (Phi) is 3.32. The molecule has 1 unspecified atom stereocenters. The summed E-state index contributed by atoms with van der Waals surface area (Å²) in [7, 11) is 0. The number of benzene rings is 2. The number of halogens is 4. The van der Waals surface area contributed by atoms with E-state index in [1.165, 1.54) is 0 Å². The largest absolute Gasteiger partial charge is 0.380 e. The number of hydrogen-bond donors (Lipinski definition) is 1. The minimum absolute atomic E-state index is 0.531. The highest BCUT2D eigenvalue weighted by atomic mass is 19.2. The van der Waals surface area contributed by atoms with Gasteiger partial charge >= 0.3 is 0 Å². The molecule has 2 aromatic rings. The van der Waals surface area contributed by atoms with Crippen molar-refractivity contribution in [3.05, 3.63) is 70.8 Å². The molecule has 0 saturated heterocycles. The molecule has 0 radical (unpaired) electrons.